The Kier molecular flexibility index (Phi) is 2.37. The molecule has 0 N–H and O–H groups in total. The van der Waals surface area contributed by atoms with Crippen LogP contribution in [0, 0.1) is 16.7 Å². The summed E-state index contributed by atoms with van der Waals surface area (Å²) in [5, 5.41) is 0. The van der Waals surface area contributed by atoms with Crippen molar-refractivity contribution >= 4 is 11.6 Å². The molecule has 1 aromatic rings. The van der Waals surface area contributed by atoms with Crippen LogP contribution < -0.4 is 4.90 Å². The van der Waals surface area contributed by atoms with Gasteiger partial charge >= 0.3 is 0 Å². The monoisotopic (exact) mass is 281 g/mol. The van der Waals surface area contributed by atoms with Crippen molar-refractivity contribution in [2.45, 2.75) is 46.1 Å². The molecule has 1 aliphatic heterocycles. The lowest BCUT2D eigenvalue weighted by Gasteiger charge is -2.58. The minimum Gasteiger partial charge on any atom is -0.308 e. The molecule has 2 bridgehead atoms. The number of carbonyl (C=O) groups excluding carboxylic acids is 1. The lowest BCUT2D eigenvalue weighted by atomic mass is 9.49. The summed E-state index contributed by atoms with van der Waals surface area (Å²) < 4.78 is 0. The summed E-state index contributed by atoms with van der Waals surface area (Å²) in [5.41, 5.74) is 2.88. The molecule has 1 heterocycles. The molecule has 4 atom stereocenters. The third kappa shape index (κ3) is 1.51. The van der Waals surface area contributed by atoms with Crippen molar-refractivity contribution in [3.63, 3.8) is 0 Å². The van der Waals surface area contributed by atoms with Gasteiger partial charge in [0.1, 0.15) is 0 Å². The van der Waals surface area contributed by atoms with Crippen molar-refractivity contribution in [1.29, 1.82) is 0 Å². The molecule has 110 valence electrons. The molecule has 1 fully saturated rings. The molecule has 0 spiro atoms. The minimum atomic E-state index is 0.0770. The average Bonchev–Trinajstić information content (AvgIpc) is 2.74. The zero-order chi connectivity index (χ0) is 15.0. The van der Waals surface area contributed by atoms with Crippen molar-refractivity contribution in [1.82, 2.24) is 0 Å². The van der Waals surface area contributed by atoms with Crippen LogP contribution in [0.1, 0.15) is 45.6 Å². The second-order valence-electron chi connectivity index (χ2n) is 7.97. The van der Waals surface area contributed by atoms with E-state index in [4.69, 9.17) is 0 Å². The van der Waals surface area contributed by atoms with E-state index >= 15 is 0 Å². The van der Waals surface area contributed by atoms with Crippen LogP contribution in [-0.4, -0.2) is 11.9 Å². The molecule has 1 amide bonds. The number of amides is 1. The van der Waals surface area contributed by atoms with Gasteiger partial charge in [-0.3, -0.25) is 4.79 Å². The van der Waals surface area contributed by atoms with Crippen LogP contribution in [0.2, 0.25) is 0 Å². The first-order valence-electron chi connectivity index (χ1n) is 7.93. The first kappa shape index (κ1) is 13.1. The zero-order valence-electron chi connectivity index (χ0n) is 13.3. The summed E-state index contributed by atoms with van der Waals surface area (Å²) in [7, 11) is 0. The van der Waals surface area contributed by atoms with Gasteiger partial charge in [-0.05, 0) is 29.4 Å². The highest BCUT2D eigenvalue weighted by atomic mass is 16.2. The van der Waals surface area contributed by atoms with Gasteiger partial charge in [-0.2, -0.15) is 0 Å². The number of allylic oxidation sites excluding steroid dienone is 1. The Bertz CT molecular complexity index is 659. The van der Waals surface area contributed by atoms with E-state index in [0.29, 0.717) is 17.3 Å². The molecule has 2 heteroatoms. The van der Waals surface area contributed by atoms with Crippen LogP contribution in [0.5, 0.6) is 0 Å². The minimum absolute atomic E-state index is 0.0770. The van der Waals surface area contributed by atoms with Crippen molar-refractivity contribution in [3.05, 3.63) is 42.0 Å². The third-order valence-electron chi connectivity index (χ3n) is 6.00. The van der Waals surface area contributed by atoms with Gasteiger partial charge in [0.25, 0.3) is 0 Å². The highest BCUT2D eigenvalue weighted by Gasteiger charge is 2.61. The van der Waals surface area contributed by atoms with E-state index in [1.165, 1.54) is 5.56 Å². The maximum atomic E-state index is 12.3. The number of hydrogen-bond donors (Lipinski definition) is 0. The maximum absolute atomic E-state index is 12.3. The number of nitrogens with zero attached hydrogens (tertiary/aromatic N) is 1. The van der Waals surface area contributed by atoms with Crippen LogP contribution >= 0.6 is 0 Å². The number of carbonyl (C=O) groups is 1. The van der Waals surface area contributed by atoms with Crippen LogP contribution in [0.3, 0.4) is 0 Å². The summed E-state index contributed by atoms with van der Waals surface area (Å²) in [4.78, 5) is 14.4. The van der Waals surface area contributed by atoms with Gasteiger partial charge in [-0.1, -0.05) is 51.1 Å². The SMILES string of the molecule is CC(=O)N1c2ccccc2C2C1[C@]1(C)C=C[C@H]2C(C)(C)C1. The molecule has 2 unspecified atom stereocenters. The molecule has 21 heavy (non-hydrogen) atoms. The quantitative estimate of drug-likeness (QED) is 0.655. The Balaban J connectivity index is 1.97. The van der Waals surface area contributed by atoms with Crippen LogP contribution in [-0.2, 0) is 4.79 Å². The van der Waals surface area contributed by atoms with Crippen molar-refractivity contribution in [3.8, 4) is 0 Å². The average molecular weight is 281 g/mol. The van der Waals surface area contributed by atoms with Crippen LogP contribution in [0.4, 0.5) is 5.69 Å². The Hall–Kier alpha value is -1.57. The van der Waals surface area contributed by atoms with Crippen molar-refractivity contribution in [2.24, 2.45) is 16.7 Å². The van der Waals surface area contributed by atoms with Gasteiger partial charge in [0.15, 0.2) is 0 Å². The van der Waals surface area contributed by atoms with Gasteiger partial charge in [0.05, 0.1) is 6.04 Å². The Morgan fingerprint density at radius 1 is 1.24 bits per heavy atom. The summed E-state index contributed by atoms with van der Waals surface area (Å²) in [6.07, 6.45) is 5.96. The van der Waals surface area contributed by atoms with E-state index in [1.807, 2.05) is 0 Å². The lowest BCUT2D eigenvalue weighted by Crippen LogP contribution is -2.58. The summed E-state index contributed by atoms with van der Waals surface area (Å²) in [6, 6.07) is 8.79. The number of anilines is 1. The number of fused-ring (bicyclic) bond motifs is 2. The predicted octanol–water partition coefficient (Wildman–Crippen LogP) is 4.13. The van der Waals surface area contributed by atoms with Crippen molar-refractivity contribution in [2.75, 3.05) is 4.90 Å². The fourth-order valence-corrected chi connectivity index (χ4v) is 5.48. The summed E-state index contributed by atoms with van der Waals surface area (Å²) in [5.74, 6) is 1.15. The van der Waals surface area contributed by atoms with Gasteiger partial charge < -0.3 is 4.90 Å². The molecule has 1 aromatic carbocycles. The number of para-hydroxylation sites is 1. The van der Waals surface area contributed by atoms with Crippen molar-refractivity contribution < 1.29 is 4.79 Å². The second kappa shape index (κ2) is 3.79. The number of benzene rings is 1. The van der Waals surface area contributed by atoms with E-state index in [2.05, 4.69) is 62.1 Å². The molecule has 3 aliphatic carbocycles. The normalized spacial score (nSPS) is 38.3. The van der Waals surface area contributed by atoms with Gasteiger partial charge in [0.2, 0.25) is 5.91 Å². The molecule has 5 rings (SSSR count). The molecule has 0 aromatic heterocycles. The van der Waals surface area contributed by atoms with Gasteiger partial charge in [-0.25, -0.2) is 0 Å². The second-order valence-corrected chi connectivity index (χ2v) is 7.97. The lowest BCUT2D eigenvalue weighted by molar-refractivity contribution is -0.118. The van der Waals surface area contributed by atoms with Crippen LogP contribution in [0.15, 0.2) is 36.4 Å². The molecule has 4 aliphatic rings. The molecule has 1 saturated carbocycles. The van der Waals surface area contributed by atoms with Gasteiger partial charge in [-0.15, -0.1) is 0 Å². The Labute approximate surface area is 126 Å². The number of hydrogen-bond acceptors (Lipinski definition) is 1. The maximum Gasteiger partial charge on any atom is 0.224 e. The van der Waals surface area contributed by atoms with E-state index in [-0.39, 0.29) is 17.4 Å². The van der Waals surface area contributed by atoms with E-state index in [9.17, 15) is 4.79 Å². The van der Waals surface area contributed by atoms with Gasteiger partial charge in [0, 0.05) is 23.9 Å². The first-order chi connectivity index (χ1) is 9.85. The zero-order valence-corrected chi connectivity index (χ0v) is 13.3. The molecular formula is C19H23NO. The Morgan fingerprint density at radius 2 is 1.95 bits per heavy atom. The van der Waals surface area contributed by atoms with E-state index in [0.717, 1.165) is 12.1 Å². The fraction of sp³-hybridized carbons (Fsp3) is 0.526. The highest BCUT2D eigenvalue weighted by Crippen LogP contribution is 2.65. The molecular weight excluding hydrogens is 258 g/mol. The molecule has 2 nitrogen and oxygen atoms in total. The van der Waals surface area contributed by atoms with E-state index < -0.39 is 0 Å². The fourth-order valence-electron chi connectivity index (χ4n) is 5.48. The summed E-state index contributed by atoms with van der Waals surface area (Å²) >= 11 is 0. The first-order valence-corrected chi connectivity index (χ1v) is 7.93. The van der Waals surface area contributed by atoms with E-state index in [1.54, 1.807) is 6.92 Å². The number of rotatable bonds is 0. The summed E-state index contributed by atoms with van der Waals surface area (Å²) in [6.45, 7) is 8.81. The molecule has 0 saturated heterocycles. The highest BCUT2D eigenvalue weighted by molar-refractivity contribution is 5.95. The predicted molar refractivity (Wildman–Crippen MR) is 85.3 cm³/mol. The smallest absolute Gasteiger partial charge is 0.224 e. The topological polar surface area (TPSA) is 20.3 Å². The molecule has 0 radical (unpaired) electrons. The van der Waals surface area contributed by atoms with Crippen LogP contribution in [0.25, 0.3) is 0 Å². The third-order valence-corrected chi connectivity index (χ3v) is 6.00. The standard InChI is InChI=1S/C19H23NO/c1-12(21)20-15-8-6-5-7-13(15)16-14-9-10-19(4,17(16)20)11-18(14,2)3/h5-10,14,16-17H,11H2,1-4H3/t14-,16?,17?,19-/m1/s1. The Morgan fingerprint density at radius 3 is 2.62 bits per heavy atom. The largest absolute Gasteiger partial charge is 0.308 e.